The van der Waals surface area contributed by atoms with Crippen LogP contribution in [0.1, 0.15) is 18.4 Å². The fourth-order valence-electron chi connectivity index (χ4n) is 1.58. The van der Waals surface area contributed by atoms with E-state index in [9.17, 15) is 4.79 Å². The van der Waals surface area contributed by atoms with Gasteiger partial charge in [-0.25, -0.2) is 0 Å². The van der Waals surface area contributed by atoms with Gasteiger partial charge in [-0.05, 0) is 17.7 Å². The van der Waals surface area contributed by atoms with Gasteiger partial charge in [-0.1, -0.05) is 12.1 Å². The van der Waals surface area contributed by atoms with Crippen LogP contribution in [0.4, 0.5) is 0 Å². The lowest BCUT2D eigenvalue weighted by atomic mass is 10.2. The predicted molar refractivity (Wildman–Crippen MR) is 60.1 cm³/mol. The van der Waals surface area contributed by atoms with Gasteiger partial charge in [0.25, 0.3) is 0 Å². The summed E-state index contributed by atoms with van der Waals surface area (Å²) in [6.45, 7) is 0.503. The van der Waals surface area contributed by atoms with Crippen LogP contribution < -0.4 is 4.74 Å². The van der Waals surface area contributed by atoms with E-state index in [1.165, 1.54) is 0 Å². The topological polar surface area (TPSA) is 35.5 Å². The van der Waals surface area contributed by atoms with Gasteiger partial charge in [-0.3, -0.25) is 4.79 Å². The summed E-state index contributed by atoms with van der Waals surface area (Å²) in [5.74, 6) is 1.78. The highest BCUT2D eigenvalue weighted by Crippen LogP contribution is 2.18. The Bertz CT molecular complexity index is 404. The molecule has 0 radical (unpaired) electrons. The summed E-state index contributed by atoms with van der Waals surface area (Å²) < 4.78 is 10.6. The van der Waals surface area contributed by atoms with Crippen LogP contribution in [-0.2, 0) is 16.1 Å². The fourth-order valence-corrected chi connectivity index (χ4v) is 1.58. The van der Waals surface area contributed by atoms with Gasteiger partial charge in [-0.15, -0.1) is 0 Å². The zero-order valence-corrected chi connectivity index (χ0v) is 9.23. The Hall–Kier alpha value is -1.77. The molecule has 0 saturated carbocycles. The molecule has 0 unspecified atom stereocenters. The molecular formula is C13H14O3. The number of hydrogen-bond donors (Lipinski definition) is 0. The highest BCUT2D eigenvalue weighted by molar-refractivity contribution is 5.92. The molecule has 1 aromatic rings. The van der Waals surface area contributed by atoms with Crippen LogP contribution in [0.3, 0.4) is 0 Å². The first kappa shape index (κ1) is 10.7. The highest BCUT2D eigenvalue weighted by atomic mass is 16.5. The summed E-state index contributed by atoms with van der Waals surface area (Å²) in [4.78, 5) is 11.0. The predicted octanol–water partition coefficient (Wildman–Crippen LogP) is 2.46. The van der Waals surface area contributed by atoms with Crippen molar-refractivity contribution in [1.82, 2.24) is 0 Å². The van der Waals surface area contributed by atoms with Crippen molar-refractivity contribution in [2.75, 3.05) is 7.11 Å². The minimum absolute atomic E-state index is 0.157. The number of carbonyl (C=O) groups excluding carboxylic acids is 1. The molecule has 0 aliphatic heterocycles. The van der Waals surface area contributed by atoms with Crippen LogP contribution in [0, 0.1) is 0 Å². The number of benzene rings is 1. The van der Waals surface area contributed by atoms with Crippen LogP contribution in [0.25, 0.3) is 0 Å². The molecule has 0 saturated heterocycles. The third-order valence-electron chi connectivity index (χ3n) is 2.52. The number of carbonyl (C=O) groups is 1. The first-order chi connectivity index (χ1) is 7.78. The molecule has 0 bridgehead atoms. The molecular weight excluding hydrogens is 204 g/mol. The normalized spacial score (nSPS) is 14.8. The minimum atomic E-state index is 0.157. The van der Waals surface area contributed by atoms with Crippen LogP contribution >= 0.6 is 0 Å². The molecule has 0 aromatic heterocycles. The second kappa shape index (κ2) is 4.84. The maximum atomic E-state index is 11.0. The lowest BCUT2D eigenvalue weighted by Gasteiger charge is -2.07. The Morgan fingerprint density at radius 3 is 2.50 bits per heavy atom. The van der Waals surface area contributed by atoms with Crippen LogP contribution in [0.5, 0.6) is 5.75 Å². The average molecular weight is 218 g/mol. The van der Waals surface area contributed by atoms with Gasteiger partial charge >= 0.3 is 0 Å². The molecule has 1 aliphatic rings. The van der Waals surface area contributed by atoms with Gasteiger partial charge < -0.3 is 9.47 Å². The van der Waals surface area contributed by atoms with E-state index in [0.29, 0.717) is 13.0 Å². The molecule has 2 rings (SSSR count). The lowest BCUT2D eigenvalue weighted by molar-refractivity contribution is -0.114. The second-order valence-electron chi connectivity index (χ2n) is 3.71. The van der Waals surface area contributed by atoms with E-state index in [-0.39, 0.29) is 5.78 Å². The summed E-state index contributed by atoms with van der Waals surface area (Å²) >= 11 is 0. The van der Waals surface area contributed by atoms with Crippen molar-refractivity contribution in [3.05, 3.63) is 41.7 Å². The summed E-state index contributed by atoms with van der Waals surface area (Å²) in [5, 5.41) is 0. The Morgan fingerprint density at radius 1 is 1.19 bits per heavy atom. The molecule has 0 heterocycles. The third kappa shape index (κ3) is 2.63. The summed E-state index contributed by atoms with van der Waals surface area (Å²) in [6, 6.07) is 7.70. The van der Waals surface area contributed by atoms with Crippen molar-refractivity contribution in [2.45, 2.75) is 19.4 Å². The largest absolute Gasteiger partial charge is 0.497 e. The third-order valence-corrected chi connectivity index (χ3v) is 2.52. The molecule has 0 atom stereocenters. The van der Waals surface area contributed by atoms with Crippen molar-refractivity contribution in [1.29, 1.82) is 0 Å². The maximum absolute atomic E-state index is 11.0. The number of hydrogen-bond acceptors (Lipinski definition) is 3. The molecule has 0 fully saturated rings. The van der Waals surface area contributed by atoms with Crippen molar-refractivity contribution in [2.24, 2.45) is 0 Å². The molecule has 0 spiro atoms. The molecule has 1 aliphatic carbocycles. The number of allylic oxidation sites excluding steroid dienone is 2. The van der Waals surface area contributed by atoms with Crippen molar-refractivity contribution in [3.63, 3.8) is 0 Å². The first-order valence-corrected chi connectivity index (χ1v) is 5.27. The Labute approximate surface area is 94.7 Å². The van der Waals surface area contributed by atoms with E-state index in [1.807, 2.05) is 24.3 Å². The number of ether oxygens (including phenoxy) is 2. The zero-order valence-electron chi connectivity index (χ0n) is 9.23. The van der Waals surface area contributed by atoms with E-state index in [0.717, 1.165) is 23.5 Å². The van der Waals surface area contributed by atoms with Gasteiger partial charge in [0.15, 0.2) is 5.78 Å². The molecule has 16 heavy (non-hydrogen) atoms. The van der Waals surface area contributed by atoms with Gasteiger partial charge in [0.2, 0.25) is 0 Å². The quantitative estimate of drug-likeness (QED) is 0.778. The second-order valence-corrected chi connectivity index (χ2v) is 3.71. The van der Waals surface area contributed by atoms with E-state index in [4.69, 9.17) is 9.47 Å². The number of methoxy groups -OCH3 is 1. The minimum Gasteiger partial charge on any atom is -0.497 e. The molecule has 84 valence electrons. The standard InChI is InChI=1S/C13H14O3/c1-15-12-5-2-10(3-6-12)9-16-13-7-4-11(14)8-13/h2-3,5-6,8H,4,7,9H2,1H3. The van der Waals surface area contributed by atoms with Gasteiger partial charge in [0.1, 0.15) is 18.1 Å². The fraction of sp³-hybridized carbons (Fsp3) is 0.308. The van der Waals surface area contributed by atoms with E-state index >= 15 is 0 Å². The lowest BCUT2D eigenvalue weighted by Crippen LogP contribution is -1.92. The van der Waals surface area contributed by atoms with Crippen molar-refractivity contribution >= 4 is 5.78 Å². The summed E-state index contributed by atoms with van der Waals surface area (Å²) in [7, 11) is 1.64. The zero-order chi connectivity index (χ0) is 11.4. The molecule has 3 heteroatoms. The van der Waals surface area contributed by atoms with E-state index < -0.39 is 0 Å². The van der Waals surface area contributed by atoms with Crippen LogP contribution in [0.2, 0.25) is 0 Å². The first-order valence-electron chi connectivity index (χ1n) is 5.27. The smallest absolute Gasteiger partial charge is 0.159 e. The summed E-state index contributed by atoms with van der Waals surface area (Å²) in [6.07, 6.45) is 2.90. The van der Waals surface area contributed by atoms with Crippen molar-refractivity contribution in [3.8, 4) is 5.75 Å². The van der Waals surface area contributed by atoms with Crippen LogP contribution in [-0.4, -0.2) is 12.9 Å². The Balaban J connectivity index is 1.89. The molecule has 0 amide bonds. The Morgan fingerprint density at radius 2 is 1.94 bits per heavy atom. The summed E-state index contributed by atoms with van der Waals surface area (Å²) in [5.41, 5.74) is 1.07. The molecule has 1 aromatic carbocycles. The van der Waals surface area contributed by atoms with Gasteiger partial charge in [0, 0.05) is 18.9 Å². The van der Waals surface area contributed by atoms with E-state index in [1.54, 1.807) is 13.2 Å². The van der Waals surface area contributed by atoms with E-state index in [2.05, 4.69) is 0 Å². The maximum Gasteiger partial charge on any atom is 0.159 e. The van der Waals surface area contributed by atoms with Crippen molar-refractivity contribution < 1.29 is 14.3 Å². The SMILES string of the molecule is COc1ccc(COC2=CC(=O)CC2)cc1. The van der Waals surface area contributed by atoms with Gasteiger partial charge in [0.05, 0.1) is 7.11 Å². The molecule has 0 N–H and O–H groups in total. The number of ketones is 1. The average Bonchev–Trinajstić information content (AvgIpc) is 2.73. The highest BCUT2D eigenvalue weighted by Gasteiger charge is 2.12. The molecule has 3 nitrogen and oxygen atoms in total. The van der Waals surface area contributed by atoms with Gasteiger partial charge in [-0.2, -0.15) is 0 Å². The Kier molecular flexibility index (Phi) is 3.25. The number of rotatable bonds is 4. The monoisotopic (exact) mass is 218 g/mol. The van der Waals surface area contributed by atoms with Crippen LogP contribution in [0.15, 0.2) is 36.1 Å².